The molecule has 0 unspecified atom stereocenters. The molecule has 0 saturated carbocycles. The molecule has 30 heavy (non-hydrogen) atoms. The number of halogens is 1. The lowest BCUT2D eigenvalue weighted by molar-refractivity contribution is 0.0869. The first-order valence-electron chi connectivity index (χ1n) is 9.76. The minimum Gasteiger partial charge on any atom is -0.394 e. The van der Waals surface area contributed by atoms with Crippen molar-refractivity contribution >= 4 is 17.5 Å². The van der Waals surface area contributed by atoms with E-state index in [1.807, 2.05) is 22.9 Å². The number of hydrogen-bond acceptors (Lipinski definition) is 4. The zero-order valence-corrected chi connectivity index (χ0v) is 18.7. The van der Waals surface area contributed by atoms with Crippen molar-refractivity contribution in [3.05, 3.63) is 59.2 Å². The van der Waals surface area contributed by atoms with Gasteiger partial charge in [-0.15, -0.1) is 0 Å². The van der Waals surface area contributed by atoms with E-state index in [4.69, 9.17) is 16.6 Å². The highest BCUT2D eigenvalue weighted by atomic mass is 35.5. The van der Waals surface area contributed by atoms with E-state index in [1.165, 1.54) is 0 Å². The van der Waals surface area contributed by atoms with Gasteiger partial charge in [0, 0.05) is 22.3 Å². The predicted octanol–water partition coefficient (Wildman–Crippen LogP) is 4.52. The van der Waals surface area contributed by atoms with E-state index in [1.54, 1.807) is 44.3 Å². The highest BCUT2D eigenvalue weighted by Crippen LogP contribution is 2.28. The van der Waals surface area contributed by atoms with Crippen LogP contribution in [0.4, 0.5) is 0 Å². The summed E-state index contributed by atoms with van der Waals surface area (Å²) in [6, 6.07) is 12.7. The Morgan fingerprint density at radius 3 is 2.30 bits per heavy atom. The van der Waals surface area contributed by atoms with Crippen molar-refractivity contribution in [3.8, 4) is 22.6 Å². The van der Waals surface area contributed by atoms with Crippen LogP contribution in [0.1, 0.15) is 45.0 Å². The molecular weight excluding hydrogens is 400 g/mol. The quantitative estimate of drug-likeness (QED) is 0.628. The molecule has 0 aliphatic carbocycles. The smallest absolute Gasteiger partial charge is 0.251 e. The molecule has 0 fully saturated rings. The third kappa shape index (κ3) is 4.89. The first-order chi connectivity index (χ1) is 14.0. The van der Waals surface area contributed by atoms with Gasteiger partial charge in [-0.1, -0.05) is 23.7 Å². The molecule has 0 atom stereocenters. The molecule has 3 aromatic rings. The molecule has 0 aliphatic rings. The van der Waals surface area contributed by atoms with Crippen molar-refractivity contribution in [1.82, 2.24) is 20.1 Å². The van der Waals surface area contributed by atoms with Crippen LogP contribution in [0.5, 0.6) is 0 Å². The molecule has 158 valence electrons. The van der Waals surface area contributed by atoms with E-state index in [9.17, 15) is 9.90 Å². The lowest BCUT2D eigenvalue weighted by atomic mass is 10.0. The second-order valence-corrected chi connectivity index (χ2v) is 9.36. The number of aromatic nitrogens is 3. The van der Waals surface area contributed by atoms with Crippen LogP contribution in [0, 0.1) is 0 Å². The Morgan fingerprint density at radius 1 is 1.07 bits per heavy atom. The molecule has 0 saturated heterocycles. The van der Waals surface area contributed by atoms with Crippen LogP contribution >= 0.6 is 11.6 Å². The lowest BCUT2D eigenvalue weighted by Gasteiger charge is -2.24. The second-order valence-electron chi connectivity index (χ2n) is 8.93. The van der Waals surface area contributed by atoms with Gasteiger partial charge in [0.05, 0.1) is 34.8 Å². The lowest BCUT2D eigenvalue weighted by Crippen LogP contribution is -2.46. The third-order valence-electron chi connectivity index (χ3n) is 4.62. The van der Waals surface area contributed by atoms with E-state index in [-0.39, 0.29) is 18.1 Å². The van der Waals surface area contributed by atoms with Crippen LogP contribution in [0.15, 0.2) is 48.7 Å². The van der Waals surface area contributed by atoms with Crippen molar-refractivity contribution in [2.24, 2.45) is 0 Å². The third-order valence-corrected chi connectivity index (χ3v) is 4.87. The molecule has 7 heteroatoms. The summed E-state index contributed by atoms with van der Waals surface area (Å²) < 4.78 is 1.89. The Balaban J connectivity index is 2.15. The molecule has 0 spiro atoms. The Hall–Kier alpha value is -2.70. The molecule has 1 amide bonds. The van der Waals surface area contributed by atoms with E-state index < -0.39 is 5.54 Å². The van der Waals surface area contributed by atoms with E-state index in [0.717, 1.165) is 11.3 Å². The largest absolute Gasteiger partial charge is 0.394 e. The van der Waals surface area contributed by atoms with Gasteiger partial charge in [-0.3, -0.25) is 9.48 Å². The van der Waals surface area contributed by atoms with Gasteiger partial charge >= 0.3 is 0 Å². The number of nitrogens with zero attached hydrogens (tertiary/aromatic N) is 3. The van der Waals surface area contributed by atoms with Crippen LogP contribution < -0.4 is 5.32 Å². The Kier molecular flexibility index (Phi) is 6.01. The average Bonchev–Trinajstić information content (AvgIpc) is 3.18. The fourth-order valence-corrected chi connectivity index (χ4v) is 3.14. The maximum absolute atomic E-state index is 13.0. The highest BCUT2D eigenvalue weighted by Gasteiger charge is 2.23. The van der Waals surface area contributed by atoms with Crippen LogP contribution in [0.25, 0.3) is 22.6 Å². The van der Waals surface area contributed by atoms with Crippen molar-refractivity contribution in [1.29, 1.82) is 0 Å². The Labute approximate surface area is 181 Å². The van der Waals surface area contributed by atoms with Crippen LogP contribution in [-0.2, 0) is 5.54 Å². The van der Waals surface area contributed by atoms with Crippen LogP contribution in [0.3, 0.4) is 0 Å². The molecule has 6 nitrogen and oxygen atoms in total. The zero-order valence-electron chi connectivity index (χ0n) is 17.9. The SMILES string of the molecule is CC(C)(CO)NC(=O)c1cc(-c2ccc(Cl)cc2)nc(-c2ccnn2C(C)(C)C)c1. The number of hydrogen-bond donors (Lipinski definition) is 2. The van der Waals surface area contributed by atoms with Crippen LogP contribution in [-0.4, -0.2) is 37.9 Å². The van der Waals surface area contributed by atoms with Crippen molar-refractivity contribution in [2.45, 2.75) is 45.7 Å². The van der Waals surface area contributed by atoms with Crippen LogP contribution in [0.2, 0.25) is 5.02 Å². The summed E-state index contributed by atoms with van der Waals surface area (Å²) in [6.45, 7) is 9.54. The standard InChI is InChI=1S/C23H27ClN4O2/c1-22(2,3)28-20(10-11-25-28)19-13-16(21(30)27-23(4,5)14-29)12-18(26-19)15-6-8-17(24)9-7-15/h6-13,29H,14H2,1-5H3,(H,27,30). The van der Waals surface area contributed by atoms with Gasteiger partial charge in [-0.2, -0.15) is 5.10 Å². The maximum Gasteiger partial charge on any atom is 0.251 e. The van der Waals surface area contributed by atoms with E-state index in [2.05, 4.69) is 31.2 Å². The molecule has 2 heterocycles. The van der Waals surface area contributed by atoms with E-state index in [0.29, 0.717) is 22.0 Å². The van der Waals surface area contributed by atoms with E-state index >= 15 is 0 Å². The summed E-state index contributed by atoms with van der Waals surface area (Å²) in [6.07, 6.45) is 1.73. The number of benzene rings is 1. The molecule has 0 aliphatic heterocycles. The number of pyridine rings is 1. The summed E-state index contributed by atoms with van der Waals surface area (Å²) in [5.74, 6) is -0.283. The first kappa shape index (κ1) is 22.0. The molecule has 2 N–H and O–H groups in total. The van der Waals surface area contributed by atoms with Gasteiger partial charge < -0.3 is 10.4 Å². The summed E-state index contributed by atoms with van der Waals surface area (Å²) in [5.41, 5.74) is 2.41. The number of nitrogens with one attached hydrogen (secondary N) is 1. The summed E-state index contributed by atoms with van der Waals surface area (Å²) in [7, 11) is 0. The Morgan fingerprint density at radius 2 is 1.70 bits per heavy atom. The number of carbonyl (C=O) groups is 1. The number of amides is 1. The number of aliphatic hydroxyl groups is 1. The summed E-state index contributed by atoms with van der Waals surface area (Å²) >= 11 is 6.03. The fraction of sp³-hybridized carbons (Fsp3) is 0.348. The van der Waals surface area contributed by atoms with Crippen molar-refractivity contribution in [3.63, 3.8) is 0 Å². The molecule has 1 aromatic carbocycles. The normalized spacial score (nSPS) is 12.1. The van der Waals surface area contributed by atoms with Gasteiger partial charge in [-0.05, 0) is 65.0 Å². The van der Waals surface area contributed by atoms with Crippen molar-refractivity contribution in [2.75, 3.05) is 6.61 Å². The minimum absolute atomic E-state index is 0.169. The van der Waals surface area contributed by atoms with Gasteiger partial charge in [0.15, 0.2) is 0 Å². The minimum atomic E-state index is -0.742. The number of carbonyl (C=O) groups excluding carboxylic acids is 1. The Bertz CT molecular complexity index is 1050. The van der Waals surface area contributed by atoms with Gasteiger partial charge in [0.2, 0.25) is 0 Å². The number of aliphatic hydroxyl groups excluding tert-OH is 1. The number of rotatable bonds is 5. The molecular formula is C23H27ClN4O2. The average molecular weight is 427 g/mol. The second kappa shape index (κ2) is 8.20. The summed E-state index contributed by atoms with van der Waals surface area (Å²) in [4.78, 5) is 17.8. The predicted molar refractivity (Wildman–Crippen MR) is 120 cm³/mol. The monoisotopic (exact) mass is 426 g/mol. The zero-order chi connectivity index (χ0) is 22.1. The van der Waals surface area contributed by atoms with Gasteiger partial charge in [0.25, 0.3) is 5.91 Å². The highest BCUT2D eigenvalue weighted by molar-refractivity contribution is 6.30. The molecule has 0 bridgehead atoms. The molecule has 2 aromatic heterocycles. The molecule has 0 radical (unpaired) electrons. The van der Waals surface area contributed by atoms with Gasteiger partial charge in [-0.25, -0.2) is 4.98 Å². The van der Waals surface area contributed by atoms with Gasteiger partial charge in [0.1, 0.15) is 0 Å². The fourth-order valence-electron chi connectivity index (χ4n) is 3.01. The van der Waals surface area contributed by atoms with Crippen molar-refractivity contribution < 1.29 is 9.90 Å². The topological polar surface area (TPSA) is 80.0 Å². The maximum atomic E-state index is 13.0. The first-order valence-corrected chi connectivity index (χ1v) is 10.1. The summed E-state index contributed by atoms with van der Waals surface area (Å²) in [5, 5.41) is 17.5. The molecule has 3 rings (SSSR count).